The van der Waals surface area contributed by atoms with Gasteiger partial charge in [-0.25, -0.2) is 4.79 Å². The molecule has 2 aliphatic rings. The van der Waals surface area contributed by atoms with Gasteiger partial charge in [0.05, 0.1) is 17.4 Å². The fourth-order valence-electron chi connectivity index (χ4n) is 2.88. The average Bonchev–Trinajstić information content (AvgIpc) is 2.90. The molecule has 2 N–H and O–H groups in total. The van der Waals surface area contributed by atoms with Crippen molar-refractivity contribution in [1.29, 1.82) is 0 Å². The predicted octanol–water partition coefficient (Wildman–Crippen LogP) is 1.17. The van der Waals surface area contributed by atoms with Crippen LogP contribution in [0.25, 0.3) is 0 Å². The Labute approximate surface area is 186 Å². The van der Waals surface area contributed by atoms with Gasteiger partial charge in [0.25, 0.3) is 5.91 Å². The second kappa shape index (κ2) is 8.55. The number of β-amino-alcohol motifs (C(OH)–C–C–N with tert-alkyl or cyclic N) is 1. The molecular weight excluding hydrogens is 432 g/mol. The number of aliphatic hydroxyl groups is 1. The number of urea groups is 1. The van der Waals surface area contributed by atoms with E-state index in [2.05, 4.69) is 0 Å². The van der Waals surface area contributed by atoms with Gasteiger partial charge in [0.1, 0.15) is 18.1 Å². The maximum absolute atomic E-state index is 12.5. The summed E-state index contributed by atoms with van der Waals surface area (Å²) in [5.41, 5.74) is -3.45. The molecule has 31 heavy (non-hydrogen) atoms. The third-order valence-electron chi connectivity index (χ3n) is 4.87. The molecule has 3 amide bonds. The number of hydrogen-bond donors (Lipinski definition) is 2. The fourth-order valence-corrected chi connectivity index (χ4v) is 3.29. The standard InChI is InChI=1S/C20H31ClN2O8/c1-18(2,3)15(25)29-8-10-12(31-16(26)19(4,5)6)11(21)13(30-10)23-9-20(7,28)14(24)22-17(23)27/h10-13,28H,8-9H2,1-7H3,(H,22,24,27)/t10-,11-,12-,13-,20?/m1/s1. The first-order valence-corrected chi connectivity index (χ1v) is 10.4. The zero-order valence-corrected chi connectivity index (χ0v) is 19.6. The van der Waals surface area contributed by atoms with Gasteiger partial charge >= 0.3 is 18.0 Å². The van der Waals surface area contributed by atoms with Gasteiger partial charge in [-0.15, -0.1) is 11.6 Å². The number of nitrogens with one attached hydrogen (secondary N) is 1. The Morgan fingerprint density at radius 3 is 2.26 bits per heavy atom. The minimum Gasteiger partial charge on any atom is -0.462 e. The Balaban J connectivity index is 2.25. The summed E-state index contributed by atoms with van der Waals surface area (Å²) in [6, 6.07) is -0.805. The summed E-state index contributed by atoms with van der Waals surface area (Å²) >= 11 is 6.54. The highest BCUT2D eigenvalue weighted by Crippen LogP contribution is 2.34. The van der Waals surface area contributed by atoms with Gasteiger partial charge in [-0.05, 0) is 48.5 Å². The van der Waals surface area contributed by atoms with E-state index in [9.17, 15) is 24.3 Å². The monoisotopic (exact) mass is 462 g/mol. The van der Waals surface area contributed by atoms with Gasteiger partial charge < -0.3 is 19.3 Å². The van der Waals surface area contributed by atoms with Gasteiger partial charge in [-0.1, -0.05) is 0 Å². The minimum atomic E-state index is -1.86. The molecule has 10 nitrogen and oxygen atoms in total. The third-order valence-corrected chi connectivity index (χ3v) is 5.33. The molecule has 176 valence electrons. The van der Waals surface area contributed by atoms with Gasteiger partial charge in [0.15, 0.2) is 17.9 Å². The fraction of sp³-hybridized carbons (Fsp3) is 0.800. The molecule has 5 atom stereocenters. The van der Waals surface area contributed by atoms with Crippen LogP contribution in [-0.4, -0.2) is 76.4 Å². The van der Waals surface area contributed by atoms with Crippen LogP contribution in [0.2, 0.25) is 0 Å². The van der Waals surface area contributed by atoms with Crippen LogP contribution in [0.4, 0.5) is 4.79 Å². The van der Waals surface area contributed by atoms with Gasteiger partial charge in [0.2, 0.25) is 0 Å². The topological polar surface area (TPSA) is 131 Å². The largest absolute Gasteiger partial charge is 0.462 e. The molecule has 2 heterocycles. The summed E-state index contributed by atoms with van der Waals surface area (Å²) in [4.78, 5) is 49.9. The zero-order valence-electron chi connectivity index (χ0n) is 18.9. The summed E-state index contributed by atoms with van der Waals surface area (Å²) in [6.07, 6.45) is -3.14. The summed E-state index contributed by atoms with van der Waals surface area (Å²) in [5, 5.41) is 11.3. The number of nitrogens with zero attached hydrogens (tertiary/aromatic N) is 1. The molecule has 2 fully saturated rings. The summed E-state index contributed by atoms with van der Waals surface area (Å²) in [7, 11) is 0. The molecule has 1 unspecified atom stereocenters. The highest BCUT2D eigenvalue weighted by Gasteiger charge is 2.54. The molecule has 0 aromatic carbocycles. The number of halogens is 1. The van der Waals surface area contributed by atoms with E-state index in [1.807, 2.05) is 5.32 Å². The first-order chi connectivity index (χ1) is 13.9. The van der Waals surface area contributed by atoms with Crippen molar-refractivity contribution in [2.24, 2.45) is 10.8 Å². The number of amides is 3. The number of alkyl halides is 1. The van der Waals surface area contributed by atoms with Gasteiger partial charge in [0, 0.05) is 0 Å². The van der Waals surface area contributed by atoms with E-state index < -0.39 is 64.1 Å². The van der Waals surface area contributed by atoms with Crippen molar-refractivity contribution < 1.29 is 38.5 Å². The predicted molar refractivity (Wildman–Crippen MR) is 109 cm³/mol. The maximum Gasteiger partial charge on any atom is 0.326 e. The first kappa shape index (κ1) is 25.4. The Hall–Kier alpha value is -1.91. The lowest BCUT2D eigenvalue weighted by Gasteiger charge is -2.39. The number of esters is 2. The lowest BCUT2D eigenvalue weighted by Crippen LogP contribution is -2.66. The second-order valence-corrected chi connectivity index (χ2v) is 10.6. The maximum atomic E-state index is 12.5. The quantitative estimate of drug-likeness (QED) is 0.470. The number of imide groups is 1. The number of carbonyl (C=O) groups excluding carboxylic acids is 4. The molecule has 2 saturated heterocycles. The van der Waals surface area contributed by atoms with Crippen molar-refractivity contribution in [3.63, 3.8) is 0 Å². The van der Waals surface area contributed by atoms with E-state index in [0.717, 1.165) is 4.90 Å². The SMILES string of the molecule is CC(C)(C)C(=O)OC[C@H]1O[C@@H](N2CC(C)(O)C(=O)NC2=O)[C@H](Cl)[C@@H]1OC(=O)C(C)(C)C. The molecule has 0 aromatic rings. The summed E-state index contributed by atoms with van der Waals surface area (Å²) in [6.45, 7) is 10.7. The smallest absolute Gasteiger partial charge is 0.326 e. The lowest BCUT2D eigenvalue weighted by atomic mass is 9.97. The normalized spacial score (nSPS) is 32.0. The van der Waals surface area contributed by atoms with E-state index in [4.69, 9.17) is 25.8 Å². The number of hydrogen-bond acceptors (Lipinski definition) is 8. The van der Waals surface area contributed by atoms with E-state index >= 15 is 0 Å². The van der Waals surface area contributed by atoms with Crippen molar-refractivity contribution in [3.05, 3.63) is 0 Å². The van der Waals surface area contributed by atoms with Crippen molar-refractivity contribution in [2.75, 3.05) is 13.2 Å². The molecular formula is C20H31ClN2O8. The molecule has 2 aliphatic heterocycles. The molecule has 0 spiro atoms. The van der Waals surface area contributed by atoms with Gasteiger partial charge in [-0.3, -0.25) is 24.6 Å². The van der Waals surface area contributed by atoms with Crippen LogP contribution in [-0.2, 0) is 28.6 Å². The number of rotatable bonds is 4. The van der Waals surface area contributed by atoms with E-state index in [0.29, 0.717) is 0 Å². The van der Waals surface area contributed by atoms with Crippen LogP contribution in [0, 0.1) is 10.8 Å². The molecule has 0 saturated carbocycles. The summed E-state index contributed by atoms with van der Waals surface area (Å²) in [5.74, 6) is -1.88. The average molecular weight is 463 g/mol. The Morgan fingerprint density at radius 2 is 1.74 bits per heavy atom. The second-order valence-electron chi connectivity index (χ2n) is 10.1. The zero-order chi connectivity index (χ0) is 23.9. The minimum absolute atomic E-state index is 0.261. The van der Waals surface area contributed by atoms with Crippen LogP contribution in [0.3, 0.4) is 0 Å². The van der Waals surface area contributed by atoms with Crippen LogP contribution in [0.1, 0.15) is 48.5 Å². The molecule has 2 rings (SSSR count). The molecule has 11 heteroatoms. The number of ether oxygens (including phenoxy) is 3. The number of carbonyl (C=O) groups is 4. The molecule has 0 bridgehead atoms. The van der Waals surface area contributed by atoms with Crippen LogP contribution < -0.4 is 5.32 Å². The Morgan fingerprint density at radius 1 is 1.19 bits per heavy atom. The van der Waals surface area contributed by atoms with Crippen LogP contribution in [0.15, 0.2) is 0 Å². The Bertz CT molecular complexity index is 755. The van der Waals surface area contributed by atoms with E-state index in [1.165, 1.54) is 6.92 Å². The van der Waals surface area contributed by atoms with Crippen LogP contribution in [0.5, 0.6) is 0 Å². The lowest BCUT2D eigenvalue weighted by molar-refractivity contribution is -0.169. The highest BCUT2D eigenvalue weighted by atomic mass is 35.5. The van der Waals surface area contributed by atoms with Crippen molar-refractivity contribution in [1.82, 2.24) is 10.2 Å². The van der Waals surface area contributed by atoms with E-state index in [1.54, 1.807) is 41.5 Å². The van der Waals surface area contributed by atoms with Crippen molar-refractivity contribution >= 4 is 35.5 Å². The molecule has 0 radical (unpaired) electrons. The third kappa shape index (κ3) is 5.67. The Kier molecular flexibility index (Phi) is 7.00. The summed E-state index contributed by atoms with van der Waals surface area (Å²) < 4.78 is 16.8. The van der Waals surface area contributed by atoms with Crippen LogP contribution >= 0.6 is 11.6 Å². The van der Waals surface area contributed by atoms with E-state index in [-0.39, 0.29) is 13.2 Å². The van der Waals surface area contributed by atoms with Crippen molar-refractivity contribution in [3.8, 4) is 0 Å². The van der Waals surface area contributed by atoms with Crippen molar-refractivity contribution in [2.45, 2.75) is 77.9 Å². The molecule has 0 aliphatic carbocycles. The van der Waals surface area contributed by atoms with Gasteiger partial charge in [-0.2, -0.15) is 0 Å². The highest BCUT2D eigenvalue weighted by molar-refractivity contribution is 6.22. The molecule has 0 aromatic heterocycles. The first-order valence-electron chi connectivity index (χ1n) is 9.97.